The van der Waals surface area contributed by atoms with Crippen molar-refractivity contribution in [3.05, 3.63) is 34.3 Å². The zero-order chi connectivity index (χ0) is 11.5. The zero-order valence-electron chi connectivity index (χ0n) is 9.29. The second-order valence-corrected chi connectivity index (χ2v) is 4.97. The summed E-state index contributed by atoms with van der Waals surface area (Å²) >= 11 is 3.50. The van der Waals surface area contributed by atoms with Gasteiger partial charge < -0.3 is 0 Å². The Hall–Kier alpha value is -0.850. The molecule has 0 heterocycles. The first-order valence-electron chi connectivity index (χ1n) is 4.83. The first-order chi connectivity index (χ1) is 6.97. The van der Waals surface area contributed by atoms with Crippen molar-refractivity contribution < 1.29 is 0 Å². The van der Waals surface area contributed by atoms with E-state index in [0.29, 0.717) is 0 Å². The van der Waals surface area contributed by atoms with Crippen LogP contribution in [-0.2, 0) is 6.54 Å². The number of nitrogens with zero attached hydrogens (tertiary/aromatic N) is 2. The van der Waals surface area contributed by atoms with Crippen molar-refractivity contribution in [3.63, 3.8) is 0 Å². The lowest BCUT2D eigenvalue weighted by Crippen LogP contribution is -2.39. The van der Waals surface area contributed by atoms with Gasteiger partial charge in [0, 0.05) is 11.0 Å². The molecule has 1 rings (SSSR count). The van der Waals surface area contributed by atoms with Gasteiger partial charge in [0.1, 0.15) is 5.54 Å². The largest absolute Gasteiger partial charge is 0.285 e. The Balaban J connectivity index is 2.80. The molecule has 80 valence electrons. The van der Waals surface area contributed by atoms with Crippen molar-refractivity contribution in [2.75, 3.05) is 7.05 Å². The van der Waals surface area contributed by atoms with Gasteiger partial charge in [-0.3, -0.25) is 4.90 Å². The Labute approximate surface area is 99.6 Å². The minimum Gasteiger partial charge on any atom is -0.285 e. The Morgan fingerprint density at radius 2 is 2.00 bits per heavy atom. The van der Waals surface area contributed by atoms with Gasteiger partial charge in [-0.05, 0) is 32.5 Å². The van der Waals surface area contributed by atoms with Crippen molar-refractivity contribution in [1.29, 1.82) is 5.26 Å². The maximum atomic E-state index is 9.01. The number of halogens is 1. The summed E-state index contributed by atoms with van der Waals surface area (Å²) < 4.78 is 1.09. The molecule has 0 saturated carbocycles. The Morgan fingerprint density at radius 3 is 2.53 bits per heavy atom. The molecule has 15 heavy (non-hydrogen) atoms. The van der Waals surface area contributed by atoms with E-state index in [1.807, 2.05) is 44.0 Å². The maximum absolute atomic E-state index is 9.01. The molecule has 0 aromatic heterocycles. The first kappa shape index (κ1) is 12.2. The number of rotatable bonds is 3. The van der Waals surface area contributed by atoms with Gasteiger partial charge in [-0.2, -0.15) is 5.26 Å². The van der Waals surface area contributed by atoms with Crippen LogP contribution >= 0.6 is 15.9 Å². The summed E-state index contributed by atoms with van der Waals surface area (Å²) in [7, 11) is 1.96. The lowest BCUT2D eigenvalue weighted by Gasteiger charge is -2.29. The van der Waals surface area contributed by atoms with Crippen molar-refractivity contribution in [1.82, 2.24) is 4.90 Å². The quantitative estimate of drug-likeness (QED) is 0.841. The van der Waals surface area contributed by atoms with Crippen LogP contribution in [0.1, 0.15) is 19.4 Å². The third-order valence-electron chi connectivity index (χ3n) is 2.59. The number of benzene rings is 1. The molecule has 0 aliphatic heterocycles. The normalized spacial score (nSPS) is 11.5. The average molecular weight is 267 g/mol. The highest BCUT2D eigenvalue weighted by molar-refractivity contribution is 9.10. The van der Waals surface area contributed by atoms with Gasteiger partial charge in [-0.1, -0.05) is 34.1 Å². The van der Waals surface area contributed by atoms with Crippen LogP contribution in [0.3, 0.4) is 0 Å². The smallest absolute Gasteiger partial charge is 0.103 e. The van der Waals surface area contributed by atoms with E-state index in [1.165, 1.54) is 5.56 Å². The average Bonchev–Trinajstić information content (AvgIpc) is 2.21. The molecule has 0 amide bonds. The summed E-state index contributed by atoms with van der Waals surface area (Å²) in [5.41, 5.74) is 0.762. The van der Waals surface area contributed by atoms with Gasteiger partial charge in [0.25, 0.3) is 0 Å². The molecule has 2 nitrogen and oxygen atoms in total. The first-order valence-corrected chi connectivity index (χ1v) is 5.62. The molecule has 0 fully saturated rings. The van der Waals surface area contributed by atoms with E-state index in [-0.39, 0.29) is 0 Å². The molecule has 1 aromatic carbocycles. The zero-order valence-corrected chi connectivity index (χ0v) is 10.9. The fourth-order valence-corrected chi connectivity index (χ4v) is 1.58. The lowest BCUT2D eigenvalue weighted by molar-refractivity contribution is 0.202. The van der Waals surface area contributed by atoms with Gasteiger partial charge in [-0.15, -0.1) is 0 Å². The third-order valence-corrected chi connectivity index (χ3v) is 3.37. The monoisotopic (exact) mass is 266 g/mol. The molecule has 0 aliphatic rings. The highest BCUT2D eigenvalue weighted by atomic mass is 79.9. The highest BCUT2D eigenvalue weighted by Crippen LogP contribution is 2.20. The van der Waals surface area contributed by atoms with E-state index in [1.54, 1.807) is 0 Å². The van der Waals surface area contributed by atoms with E-state index >= 15 is 0 Å². The van der Waals surface area contributed by atoms with Crippen LogP contribution in [-0.4, -0.2) is 17.5 Å². The van der Waals surface area contributed by atoms with Gasteiger partial charge in [-0.25, -0.2) is 0 Å². The van der Waals surface area contributed by atoms with E-state index in [2.05, 4.69) is 28.1 Å². The van der Waals surface area contributed by atoms with Crippen LogP contribution in [0, 0.1) is 11.3 Å². The molecular formula is C12H15BrN2. The van der Waals surface area contributed by atoms with Gasteiger partial charge in [0.15, 0.2) is 0 Å². The van der Waals surface area contributed by atoms with E-state index < -0.39 is 5.54 Å². The molecule has 0 aliphatic carbocycles. The Morgan fingerprint density at radius 1 is 1.40 bits per heavy atom. The molecule has 1 aromatic rings. The van der Waals surface area contributed by atoms with Crippen LogP contribution in [0.5, 0.6) is 0 Å². The number of hydrogen-bond donors (Lipinski definition) is 0. The van der Waals surface area contributed by atoms with Crippen LogP contribution < -0.4 is 0 Å². The molecule has 0 N–H and O–H groups in total. The van der Waals surface area contributed by atoms with Gasteiger partial charge in [0.05, 0.1) is 6.07 Å². The van der Waals surface area contributed by atoms with Crippen molar-refractivity contribution in [2.24, 2.45) is 0 Å². The molecule has 0 spiro atoms. The molecular weight excluding hydrogens is 252 g/mol. The molecule has 0 radical (unpaired) electrons. The standard InChI is InChI=1S/C12H15BrN2/c1-12(2,9-14)15(3)8-10-6-4-5-7-11(10)13/h4-7H,8H2,1-3H3. The molecule has 3 heteroatoms. The minimum absolute atomic E-state index is 0.435. The SMILES string of the molecule is CN(Cc1ccccc1Br)C(C)(C)C#N. The third kappa shape index (κ3) is 3.05. The summed E-state index contributed by atoms with van der Waals surface area (Å²) in [6.07, 6.45) is 0. The van der Waals surface area contributed by atoms with Gasteiger partial charge >= 0.3 is 0 Å². The second-order valence-electron chi connectivity index (χ2n) is 4.12. The number of nitriles is 1. The summed E-state index contributed by atoms with van der Waals surface area (Å²) in [4.78, 5) is 2.03. The topological polar surface area (TPSA) is 27.0 Å². The fourth-order valence-electron chi connectivity index (χ4n) is 1.17. The van der Waals surface area contributed by atoms with Crippen molar-refractivity contribution >= 4 is 15.9 Å². The van der Waals surface area contributed by atoms with Crippen LogP contribution in [0.4, 0.5) is 0 Å². The van der Waals surface area contributed by atoms with Crippen LogP contribution in [0.25, 0.3) is 0 Å². The number of hydrogen-bond acceptors (Lipinski definition) is 2. The predicted octanol–water partition coefficient (Wildman–Crippen LogP) is 3.18. The molecule has 0 atom stereocenters. The lowest BCUT2D eigenvalue weighted by atomic mass is 10.1. The summed E-state index contributed by atoms with van der Waals surface area (Å²) in [5.74, 6) is 0. The summed E-state index contributed by atoms with van der Waals surface area (Å²) in [6.45, 7) is 4.61. The summed E-state index contributed by atoms with van der Waals surface area (Å²) in [5, 5.41) is 9.01. The van der Waals surface area contributed by atoms with Gasteiger partial charge in [0.2, 0.25) is 0 Å². The van der Waals surface area contributed by atoms with Crippen LogP contribution in [0.15, 0.2) is 28.7 Å². The van der Waals surface area contributed by atoms with Crippen LogP contribution in [0.2, 0.25) is 0 Å². The maximum Gasteiger partial charge on any atom is 0.103 e. The van der Waals surface area contributed by atoms with Crippen molar-refractivity contribution in [3.8, 4) is 6.07 Å². The highest BCUT2D eigenvalue weighted by Gasteiger charge is 2.22. The van der Waals surface area contributed by atoms with E-state index in [9.17, 15) is 0 Å². The predicted molar refractivity (Wildman–Crippen MR) is 65.3 cm³/mol. The molecule has 0 unspecified atom stereocenters. The summed E-state index contributed by atoms with van der Waals surface area (Å²) in [6, 6.07) is 10.4. The second kappa shape index (κ2) is 4.78. The van der Waals surface area contributed by atoms with E-state index in [0.717, 1.165) is 11.0 Å². The van der Waals surface area contributed by atoms with E-state index in [4.69, 9.17) is 5.26 Å². The van der Waals surface area contributed by atoms with Crippen molar-refractivity contribution in [2.45, 2.75) is 25.9 Å². The Kier molecular flexibility index (Phi) is 3.90. The minimum atomic E-state index is -0.435. The fraction of sp³-hybridized carbons (Fsp3) is 0.417. The Bertz CT molecular complexity index is 379. The molecule has 0 saturated heterocycles. The molecule has 0 bridgehead atoms.